The zero-order chi connectivity index (χ0) is 32.5. The molecule has 0 bridgehead atoms. The smallest absolute Gasteiger partial charge is 0.234 e. The number of unbranched alkanes of at least 4 members (excludes halogenated alkanes) is 19. The predicted molar refractivity (Wildman–Crippen MR) is 201 cm³/mol. The predicted octanol–water partition coefficient (Wildman–Crippen LogP) is 12.9. The summed E-state index contributed by atoms with van der Waals surface area (Å²) in [5.74, 6) is 2.03. The molecule has 0 fully saturated rings. The van der Waals surface area contributed by atoms with Gasteiger partial charge in [0.15, 0.2) is 0 Å². The Labute approximate surface area is 285 Å². The van der Waals surface area contributed by atoms with Crippen LogP contribution in [0.1, 0.15) is 184 Å². The number of benzene rings is 2. The number of aryl methyl sites for hydroxylation is 1. The number of aromatic nitrogens is 2. The van der Waals surface area contributed by atoms with Crippen LogP contribution in [0.5, 0.6) is 0 Å². The van der Waals surface area contributed by atoms with E-state index in [1.54, 1.807) is 0 Å². The Hall–Kier alpha value is -2.35. The van der Waals surface area contributed by atoms with Gasteiger partial charge in [0.05, 0.1) is 19.5 Å². The first-order valence-electron chi connectivity index (χ1n) is 19.9. The van der Waals surface area contributed by atoms with Gasteiger partial charge in [-0.05, 0) is 42.7 Å². The first-order valence-corrected chi connectivity index (χ1v) is 19.9. The minimum absolute atomic E-state index is 0.517. The zero-order valence-corrected chi connectivity index (χ0v) is 30.5. The average Bonchev–Trinajstić information content (AvgIpc) is 3.39. The van der Waals surface area contributed by atoms with Gasteiger partial charge < -0.3 is 0 Å². The van der Waals surface area contributed by atoms with Crippen LogP contribution in [0.2, 0.25) is 0 Å². The maximum atomic E-state index is 2.73. The van der Waals surface area contributed by atoms with Crippen molar-refractivity contribution in [3.05, 3.63) is 89.5 Å². The number of imidazole rings is 1. The lowest BCUT2D eigenvalue weighted by Gasteiger charge is -2.12. The van der Waals surface area contributed by atoms with E-state index < -0.39 is 0 Å². The minimum Gasteiger partial charge on any atom is -0.234 e. The Kier molecular flexibility index (Phi) is 20.5. The summed E-state index contributed by atoms with van der Waals surface area (Å²) in [4.78, 5) is 0. The summed E-state index contributed by atoms with van der Waals surface area (Å²) < 4.78 is 5.36. The topological polar surface area (TPSA) is 8.81 Å². The Morgan fingerprint density at radius 3 is 1.52 bits per heavy atom. The van der Waals surface area contributed by atoms with E-state index in [1.807, 2.05) is 0 Å². The molecule has 1 aromatic heterocycles. The van der Waals surface area contributed by atoms with E-state index in [4.69, 9.17) is 0 Å². The number of hydrogen-bond donors (Lipinski definition) is 0. The lowest BCUT2D eigenvalue weighted by molar-refractivity contribution is -0.704. The third kappa shape index (κ3) is 15.5. The molecule has 0 aliphatic rings. The normalized spacial score (nSPS) is 12.2. The molecular weight excluding hydrogens is 556 g/mol. The van der Waals surface area contributed by atoms with Crippen molar-refractivity contribution in [1.82, 2.24) is 4.57 Å². The van der Waals surface area contributed by atoms with Crippen LogP contribution in [0.25, 0.3) is 0 Å². The first-order chi connectivity index (χ1) is 22.7. The van der Waals surface area contributed by atoms with E-state index in [2.05, 4.69) is 96.8 Å². The van der Waals surface area contributed by atoms with Gasteiger partial charge in [-0.25, -0.2) is 9.13 Å². The Bertz CT molecular complexity index is 1120. The quantitative estimate of drug-likeness (QED) is 0.0559. The molecule has 0 aliphatic carbocycles. The third-order valence-electron chi connectivity index (χ3n) is 10.1. The first kappa shape index (κ1) is 38.1. The van der Waals surface area contributed by atoms with Crippen molar-refractivity contribution in [2.75, 3.05) is 0 Å². The van der Waals surface area contributed by atoms with Crippen LogP contribution >= 0.6 is 0 Å². The molecule has 256 valence electrons. The number of nitrogens with zero attached hydrogens (tertiary/aromatic N) is 2. The van der Waals surface area contributed by atoms with Crippen molar-refractivity contribution in [3.8, 4) is 0 Å². The van der Waals surface area contributed by atoms with Crippen molar-refractivity contribution < 1.29 is 4.57 Å². The van der Waals surface area contributed by atoms with Gasteiger partial charge in [0.25, 0.3) is 5.82 Å². The Morgan fingerprint density at radius 2 is 1.00 bits per heavy atom. The second-order valence-electron chi connectivity index (χ2n) is 14.3. The molecule has 2 aromatic carbocycles. The fraction of sp³-hybridized carbons (Fsp3) is 0.659. The van der Waals surface area contributed by atoms with Gasteiger partial charge >= 0.3 is 0 Å². The molecule has 0 saturated heterocycles. The maximum absolute atomic E-state index is 2.73. The molecule has 0 spiro atoms. The Morgan fingerprint density at radius 1 is 0.543 bits per heavy atom. The van der Waals surface area contributed by atoms with E-state index in [0.29, 0.717) is 5.92 Å². The summed E-state index contributed by atoms with van der Waals surface area (Å²) in [6.45, 7) is 9.32. The van der Waals surface area contributed by atoms with Gasteiger partial charge in [-0.1, -0.05) is 191 Å². The minimum atomic E-state index is 0.517. The van der Waals surface area contributed by atoms with Crippen molar-refractivity contribution >= 4 is 0 Å². The monoisotopic (exact) mass is 628 g/mol. The van der Waals surface area contributed by atoms with E-state index in [-0.39, 0.29) is 0 Å². The molecule has 2 heteroatoms. The van der Waals surface area contributed by atoms with Crippen LogP contribution in [-0.2, 0) is 25.9 Å². The number of hydrogen-bond acceptors (Lipinski definition) is 0. The van der Waals surface area contributed by atoms with Crippen LogP contribution in [0.4, 0.5) is 0 Å². The highest BCUT2D eigenvalue weighted by Crippen LogP contribution is 2.23. The summed E-state index contributed by atoms with van der Waals surface area (Å²) in [5.41, 5.74) is 4.40. The van der Waals surface area contributed by atoms with Crippen LogP contribution < -0.4 is 4.57 Å². The van der Waals surface area contributed by atoms with Crippen LogP contribution in [0.15, 0.2) is 66.9 Å². The zero-order valence-electron chi connectivity index (χ0n) is 30.5. The molecule has 1 atom stereocenters. The molecule has 46 heavy (non-hydrogen) atoms. The van der Waals surface area contributed by atoms with Crippen molar-refractivity contribution in [1.29, 1.82) is 0 Å². The van der Waals surface area contributed by atoms with Gasteiger partial charge in [0.2, 0.25) is 0 Å². The van der Waals surface area contributed by atoms with Gasteiger partial charge in [-0.3, -0.25) is 0 Å². The summed E-state index contributed by atoms with van der Waals surface area (Å²) >= 11 is 0. The summed E-state index contributed by atoms with van der Waals surface area (Å²) in [5, 5.41) is 0. The summed E-state index contributed by atoms with van der Waals surface area (Å²) in [6, 6.07) is 22.3. The molecule has 3 aromatic rings. The molecule has 2 nitrogen and oxygen atoms in total. The van der Waals surface area contributed by atoms with Crippen molar-refractivity contribution in [2.24, 2.45) is 0 Å². The highest BCUT2D eigenvalue weighted by atomic mass is 15.2. The molecule has 0 aliphatic heterocycles. The summed E-state index contributed by atoms with van der Waals surface area (Å²) in [6.07, 6.45) is 34.1. The van der Waals surface area contributed by atoms with Gasteiger partial charge in [0.1, 0.15) is 11.9 Å². The van der Waals surface area contributed by atoms with E-state index >= 15 is 0 Å². The molecule has 3 rings (SSSR count). The molecular formula is C44H71N2+. The second-order valence-corrected chi connectivity index (χ2v) is 14.3. The lowest BCUT2D eigenvalue weighted by atomic mass is 9.96. The van der Waals surface area contributed by atoms with Gasteiger partial charge in [-0.2, -0.15) is 0 Å². The third-order valence-corrected chi connectivity index (χ3v) is 10.1. The molecule has 0 radical (unpaired) electrons. The SMILES string of the molecule is CCCCCCCCCCCCCCCCCCCn1c(CC(C)c2ccccc2)c[n+](CCCCCC)c1Cc1ccccc1. The molecule has 1 heterocycles. The van der Waals surface area contributed by atoms with Crippen LogP contribution in [-0.4, -0.2) is 4.57 Å². The second kappa shape index (κ2) is 24.8. The summed E-state index contributed by atoms with van der Waals surface area (Å²) in [7, 11) is 0. The fourth-order valence-corrected chi connectivity index (χ4v) is 7.17. The molecule has 0 N–H and O–H groups in total. The highest BCUT2D eigenvalue weighted by Gasteiger charge is 2.25. The standard InChI is InChI=1S/C44H71N2/c1-4-6-8-10-11-12-13-14-15-16-17-18-19-20-21-22-30-36-46-43(37-40(3)42-33-27-24-28-34-42)39-45(35-29-9-7-5-2)44(46)38-41-31-25-23-26-32-41/h23-28,31-34,39-40H,4-22,29-30,35-38H2,1-3H3/q+1. The molecule has 1 unspecified atom stereocenters. The van der Waals surface area contributed by atoms with E-state index in [9.17, 15) is 0 Å². The van der Waals surface area contributed by atoms with E-state index in [0.717, 1.165) is 25.9 Å². The lowest BCUT2D eigenvalue weighted by Crippen LogP contribution is -2.37. The van der Waals surface area contributed by atoms with E-state index in [1.165, 1.54) is 157 Å². The van der Waals surface area contributed by atoms with Gasteiger partial charge in [-0.15, -0.1) is 0 Å². The largest absolute Gasteiger partial charge is 0.261 e. The van der Waals surface area contributed by atoms with Crippen LogP contribution in [0.3, 0.4) is 0 Å². The molecule has 0 saturated carbocycles. The molecule has 0 amide bonds. The van der Waals surface area contributed by atoms with Crippen molar-refractivity contribution in [2.45, 2.75) is 187 Å². The average molecular weight is 628 g/mol. The highest BCUT2D eigenvalue weighted by molar-refractivity contribution is 5.22. The van der Waals surface area contributed by atoms with Crippen molar-refractivity contribution in [3.63, 3.8) is 0 Å². The Balaban J connectivity index is 1.48. The van der Waals surface area contributed by atoms with Gasteiger partial charge in [0, 0.05) is 6.42 Å². The number of rotatable bonds is 28. The van der Waals surface area contributed by atoms with Crippen LogP contribution in [0, 0.1) is 0 Å². The fourth-order valence-electron chi connectivity index (χ4n) is 7.17. The maximum Gasteiger partial charge on any atom is 0.261 e.